The third kappa shape index (κ3) is 4.61. The number of carbonyl (C=O) groups is 3. The van der Waals surface area contributed by atoms with Crippen LogP contribution < -0.4 is 5.32 Å². The van der Waals surface area contributed by atoms with Crippen LogP contribution in [0.4, 0.5) is 0 Å². The number of carbonyl (C=O) groups excluding carboxylic acids is 3. The van der Waals surface area contributed by atoms with E-state index in [0.29, 0.717) is 30.8 Å². The van der Waals surface area contributed by atoms with Crippen molar-refractivity contribution >= 4 is 46.0 Å². The van der Waals surface area contributed by atoms with Crippen molar-refractivity contribution in [3.05, 3.63) is 44.8 Å². The van der Waals surface area contributed by atoms with Crippen LogP contribution in [-0.2, 0) is 19.1 Å². The van der Waals surface area contributed by atoms with Gasteiger partial charge in [0.15, 0.2) is 5.17 Å². The minimum absolute atomic E-state index is 0.0965. The van der Waals surface area contributed by atoms with Gasteiger partial charge in [0.1, 0.15) is 0 Å². The van der Waals surface area contributed by atoms with Crippen molar-refractivity contribution in [2.24, 2.45) is 4.99 Å². The molecule has 170 valence electrons. The Morgan fingerprint density at radius 3 is 2.91 bits per heavy atom. The van der Waals surface area contributed by atoms with Crippen molar-refractivity contribution < 1.29 is 19.1 Å². The fourth-order valence-electron chi connectivity index (χ4n) is 4.15. The third-order valence-electron chi connectivity index (χ3n) is 5.70. The van der Waals surface area contributed by atoms with Gasteiger partial charge in [-0.15, -0.1) is 0 Å². The van der Waals surface area contributed by atoms with Crippen molar-refractivity contribution in [1.29, 1.82) is 0 Å². The van der Waals surface area contributed by atoms with E-state index < -0.39 is 5.97 Å². The molecule has 32 heavy (non-hydrogen) atoms. The lowest BCUT2D eigenvalue weighted by Gasteiger charge is -2.35. The first-order valence-electron chi connectivity index (χ1n) is 10.6. The number of hydrogen-bond donors (Lipinski definition) is 1. The maximum absolute atomic E-state index is 12.7. The first-order chi connectivity index (χ1) is 15.5. The first-order valence-corrected chi connectivity index (χ1v) is 12.4. The van der Waals surface area contributed by atoms with Gasteiger partial charge in [0.05, 0.1) is 30.8 Å². The van der Waals surface area contributed by atoms with Crippen LogP contribution in [0.1, 0.15) is 44.2 Å². The minimum Gasteiger partial charge on any atom is -0.466 e. The maximum atomic E-state index is 12.7. The highest BCUT2D eigenvalue weighted by Crippen LogP contribution is 2.45. The summed E-state index contributed by atoms with van der Waals surface area (Å²) in [5, 5.41) is 9.60. The summed E-state index contributed by atoms with van der Waals surface area (Å²) in [5.74, 6) is -0.315. The Balaban J connectivity index is 1.42. The molecule has 4 heterocycles. The Morgan fingerprint density at radius 1 is 1.38 bits per heavy atom. The number of rotatable bonds is 8. The summed E-state index contributed by atoms with van der Waals surface area (Å²) in [6, 6.07) is 1.60. The number of fused-ring (bicyclic) bond motifs is 1. The van der Waals surface area contributed by atoms with Gasteiger partial charge >= 0.3 is 5.97 Å². The molecule has 0 aromatic carbocycles. The van der Waals surface area contributed by atoms with Crippen LogP contribution in [-0.4, -0.2) is 59.5 Å². The topological polar surface area (TPSA) is 91.3 Å². The van der Waals surface area contributed by atoms with E-state index in [0.717, 1.165) is 35.8 Å². The van der Waals surface area contributed by atoms with Gasteiger partial charge in [0, 0.05) is 31.8 Å². The number of hydrogen-bond acceptors (Lipinski definition) is 8. The lowest BCUT2D eigenvalue weighted by molar-refractivity contribution is -0.136. The number of aliphatic imine (C=N–C) groups is 1. The Hall–Kier alpha value is -2.59. The lowest BCUT2D eigenvalue weighted by atomic mass is 9.96. The van der Waals surface area contributed by atoms with Gasteiger partial charge in [-0.3, -0.25) is 9.59 Å². The lowest BCUT2D eigenvalue weighted by Crippen LogP contribution is -2.38. The van der Waals surface area contributed by atoms with E-state index in [2.05, 4.69) is 10.3 Å². The Labute approximate surface area is 195 Å². The molecule has 0 saturated carbocycles. The zero-order chi connectivity index (χ0) is 22.7. The number of allylic oxidation sites excluding steroid dienone is 1. The predicted octanol–water partition coefficient (Wildman–Crippen LogP) is 3.01. The number of esters is 1. The average Bonchev–Trinajstić information content (AvgIpc) is 3.52. The molecule has 3 aliphatic rings. The molecular formula is C22H26N4O4S2. The molecule has 1 fully saturated rings. The molecule has 1 aromatic heterocycles. The highest BCUT2D eigenvalue weighted by molar-refractivity contribution is 8.16. The van der Waals surface area contributed by atoms with Crippen LogP contribution in [0.2, 0.25) is 0 Å². The number of nitrogens with zero attached hydrogens (tertiary/aromatic N) is 3. The van der Waals surface area contributed by atoms with E-state index in [9.17, 15) is 14.4 Å². The summed E-state index contributed by atoms with van der Waals surface area (Å²) < 4.78 is 5.05. The van der Waals surface area contributed by atoms with Gasteiger partial charge in [-0.25, -0.2) is 9.79 Å². The van der Waals surface area contributed by atoms with Crippen molar-refractivity contribution in [3.63, 3.8) is 0 Å². The SMILES string of the molecule is COC(=O)C1=C(C)N=C2SC=C(CC(=O)NCCCN3CCCC3=O)N2[C@H]1c1ccsc1. The monoisotopic (exact) mass is 474 g/mol. The van der Waals surface area contributed by atoms with Crippen molar-refractivity contribution in [3.8, 4) is 0 Å². The number of amidine groups is 1. The van der Waals surface area contributed by atoms with E-state index >= 15 is 0 Å². The zero-order valence-electron chi connectivity index (χ0n) is 18.1. The number of likely N-dealkylation sites (tertiary alicyclic amines) is 1. The molecule has 4 rings (SSSR count). The molecule has 0 unspecified atom stereocenters. The van der Waals surface area contributed by atoms with Gasteiger partial charge < -0.3 is 19.9 Å². The second-order valence-electron chi connectivity index (χ2n) is 7.81. The van der Waals surface area contributed by atoms with E-state index in [4.69, 9.17) is 4.74 Å². The minimum atomic E-state index is -0.418. The Bertz CT molecular complexity index is 1000. The second kappa shape index (κ2) is 9.91. The summed E-state index contributed by atoms with van der Waals surface area (Å²) in [5.41, 5.74) is 2.87. The number of methoxy groups -OCH3 is 1. The van der Waals surface area contributed by atoms with Crippen LogP contribution in [0.15, 0.2) is 44.2 Å². The van der Waals surface area contributed by atoms with Gasteiger partial charge in [0.25, 0.3) is 0 Å². The highest BCUT2D eigenvalue weighted by atomic mass is 32.2. The van der Waals surface area contributed by atoms with Crippen LogP contribution in [0.5, 0.6) is 0 Å². The zero-order valence-corrected chi connectivity index (χ0v) is 19.8. The van der Waals surface area contributed by atoms with E-state index in [1.165, 1.54) is 18.9 Å². The molecule has 8 nitrogen and oxygen atoms in total. The number of thiophene rings is 1. The summed E-state index contributed by atoms with van der Waals surface area (Å²) in [6.45, 7) is 3.82. The van der Waals surface area contributed by atoms with Gasteiger partial charge in [-0.05, 0) is 47.6 Å². The molecular weight excluding hydrogens is 448 g/mol. The van der Waals surface area contributed by atoms with Crippen LogP contribution in [0.3, 0.4) is 0 Å². The number of nitrogens with one attached hydrogen (secondary N) is 1. The van der Waals surface area contributed by atoms with E-state index in [1.54, 1.807) is 11.3 Å². The number of amides is 2. The molecule has 1 N–H and O–H groups in total. The van der Waals surface area contributed by atoms with Crippen molar-refractivity contribution in [2.45, 2.75) is 38.6 Å². The highest BCUT2D eigenvalue weighted by Gasteiger charge is 2.41. The van der Waals surface area contributed by atoms with Gasteiger partial charge in [-0.2, -0.15) is 11.3 Å². The molecule has 0 spiro atoms. The summed E-state index contributed by atoms with van der Waals surface area (Å²) in [7, 11) is 1.37. The Kier molecular flexibility index (Phi) is 7.00. The number of ether oxygens (including phenoxy) is 1. The molecule has 2 amide bonds. The van der Waals surface area contributed by atoms with Crippen molar-refractivity contribution in [1.82, 2.24) is 15.1 Å². The standard InChI is InChI=1S/C22H26N4O4S2/c1-14-19(21(29)30-2)20(15-6-10-31-12-15)26-16(13-32-22(26)24-14)11-17(27)23-7-4-9-25-8-3-5-18(25)28/h6,10,12-13,20H,3-5,7-9,11H2,1-2H3,(H,23,27)/t20-/m0/s1. The molecule has 0 radical (unpaired) electrons. The largest absolute Gasteiger partial charge is 0.466 e. The molecule has 1 aromatic rings. The molecule has 0 bridgehead atoms. The smallest absolute Gasteiger partial charge is 0.338 e. The first kappa shape index (κ1) is 22.6. The molecule has 0 aliphatic carbocycles. The number of thioether (sulfide) groups is 1. The maximum Gasteiger partial charge on any atom is 0.338 e. The molecule has 1 atom stereocenters. The average molecular weight is 475 g/mol. The summed E-state index contributed by atoms with van der Waals surface area (Å²) in [6.07, 6.45) is 2.46. The predicted molar refractivity (Wildman–Crippen MR) is 125 cm³/mol. The van der Waals surface area contributed by atoms with Gasteiger partial charge in [-0.1, -0.05) is 11.8 Å². The van der Waals surface area contributed by atoms with E-state index in [1.807, 2.05) is 39.0 Å². The molecule has 1 saturated heterocycles. The molecule has 10 heteroatoms. The summed E-state index contributed by atoms with van der Waals surface area (Å²) in [4.78, 5) is 45.4. The molecule has 3 aliphatic heterocycles. The normalized spacial score (nSPS) is 20.3. The fraction of sp³-hybridized carbons (Fsp3) is 0.455. The second-order valence-corrected chi connectivity index (χ2v) is 9.42. The van der Waals surface area contributed by atoms with Crippen LogP contribution in [0, 0.1) is 0 Å². The summed E-state index contributed by atoms with van der Waals surface area (Å²) >= 11 is 3.01. The van der Waals surface area contributed by atoms with Gasteiger partial charge in [0.2, 0.25) is 11.8 Å². The van der Waals surface area contributed by atoms with Crippen LogP contribution >= 0.6 is 23.1 Å². The Morgan fingerprint density at radius 2 is 2.22 bits per heavy atom. The van der Waals surface area contributed by atoms with Crippen molar-refractivity contribution in [2.75, 3.05) is 26.7 Å². The third-order valence-corrected chi connectivity index (χ3v) is 7.30. The van der Waals surface area contributed by atoms with E-state index in [-0.39, 0.29) is 24.3 Å². The van der Waals surface area contributed by atoms with Crippen LogP contribution in [0.25, 0.3) is 0 Å². The fourth-order valence-corrected chi connectivity index (χ4v) is 5.79. The quantitative estimate of drug-likeness (QED) is 0.460.